The first kappa shape index (κ1) is 20.0. The summed E-state index contributed by atoms with van der Waals surface area (Å²) in [6.45, 7) is 0.666. The molecule has 0 fully saturated rings. The zero-order valence-electron chi connectivity index (χ0n) is 15.7. The number of methoxy groups -OCH3 is 2. The van der Waals surface area contributed by atoms with Gasteiger partial charge in [-0.2, -0.15) is 0 Å². The molecule has 0 radical (unpaired) electrons. The van der Waals surface area contributed by atoms with Crippen LogP contribution in [0.5, 0.6) is 11.5 Å². The summed E-state index contributed by atoms with van der Waals surface area (Å²) in [5, 5.41) is 6.50. The Kier molecular flexibility index (Phi) is 6.75. The fourth-order valence-corrected chi connectivity index (χ4v) is 3.03. The van der Waals surface area contributed by atoms with Crippen molar-refractivity contribution in [1.29, 1.82) is 0 Å². The van der Waals surface area contributed by atoms with E-state index in [1.54, 1.807) is 14.2 Å². The Morgan fingerprint density at radius 2 is 1.68 bits per heavy atom. The van der Waals surface area contributed by atoms with Crippen molar-refractivity contribution in [3.63, 3.8) is 0 Å². The van der Waals surface area contributed by atoms with E-state index < -0.39 is 0 Å². The topological polar surface area (TPSA) is 94.3 Å². The van der Waals surface area contributed by atoms with Gasteiger partial charge < -0.3 is 25.8 Å². The molecule has 0 bridgehead atoms. The van der Waals surface area contributed by atoms with Crippen LogP contribution in [-0.2, 0) is 6.42 Å². The molecule has 1 aromatic heterocycles. The van der Waals surface area contributed by atoms with Crippen molar-refractivity contribution in [3.05, 3.63) is 57.9 Å². The predicted octanol–water partition coefficient (Wildman–Crippen LogP) is 4.08. The minimum Gasteiger partial charge on any atom is -0.493 e. The lowest BCUT2D eigenvalue weighted by Gasteiger charge is -2.13. The van der Waals surface area contributed by atoms with Crippen LogP contribution in [0.15, 0.2) is 48.8 Å². The molecule has 0 amide bonds. The lowest BCUT2D eigenvalue weighted by molar-refractivity contribution is 0.354. The van der Waals surface area contributed by atoms with Gasteiger partial charge in [-0.15, -0.1) is 0 Å². The van der Waals surface area contributed by atoms with Gasteiger partial charge in [-0.05, 0) is 71.0 Å². The number of ether oxygens (including phenoxy) is 2. The maximum Gasteiger partial charge on any atom is 0.160 e. The van der Waals surface area contributed by atoms with E-state index >= 15 is 0 Å². The Hall–Kier alpha value is -2.75. The minimum absolute atomic E-state index is 0.480. The van der Waals surface area contributed by atoms with Crippen LogP contribution in [0.25, 0.3) is 0 Å². The van der Waals surface area contributed by atoms with Crippen LogP contribution < -0.4 is 25.8 Å². The molecule has 3 aromatic rings. The lowest BCUT2D eigenvalue weighted by atomic mass is 10.1. The molecular weight excluding hydrogens is 469 g/mol. The average Bonchev–Trinajstić information content (AvgIpc) is 2.72. The Balaban J connectivity index is 1.64. The van der Waals surface area contributed by atoms with Gasteiger partial charge in [-0.1, -0.05) is 6.07 Å². The predicted molar refractivity (Wildman–Crippen MR) is 121 cm³/mol. The maximum atomic E-state index is 6.24. The molecule has 0 unspecified atom stereocenters. The first-order valence-electron chi connectivity index (χ1n) is 8.68. The normalized spacial score (nSPS) is 10.4. The number of anilines is 4. The van der Waals surface area contributed by atoms with Gasteiger partial charge in [0.2, 0.25) is 0 Å². The zero-order valence-corrected chi connectivity index (χ0v) is 17.9. The number of aromatic nitrogens is 2. The fraction of sp³-hybridized carbons (Fsp3) is 0.200. The number of nitrogens with one attached hydrogen (secondary N) is 2. The monoisotopic (exact) mass is 491 g/mol. The molecule has 28 heavy (non-hydrogen) atoms. The molecule has 7 nitrogen and oxygen atoms in total. The molecule has 0 aliphatic heterocycles. The quantitative estimate of drug-likeness (QED) is 0.409. The second kappa shape index (κ2) is 9.45. The number of benzene rings is 2. The highest BCUT2D eigenvalue weighted by molar-refractivity contribution is 14.1. The summed E-state index contributed by atoms with van der Waals surface area (Å²) in [5.74, 6) is 2.60. The van der Waals surface area contributed by atoms with E-state index in [9.17, 15) is 0 Å². The molecule has 0 atom stereocenters. The van der Waals surface area contributed by atoms with Crippen LogP contribution in [0.3, 0.4) is 0 Å². The summed E-state index contributed by atoms with van der Waals surface area (Å²) in [4.78, 5) is 8.50. The van der Waals surface area contributed by atoms with Crippen LogP contribution in [0.4, 0.5) is 23.0 Å². The number of rotatable bonds is 8. The zero-order chi connectivity index (χ0) is 19.9. The van der Waals surface area contributed by atoms with E-state index in [2.05, 4.69) is 43.2 Å². The van der Waals surface area contributed by atoms with Gasteiger partial charge in [-0.3, -0.25) is 0 Å². The van der Waals surface area contributed by atoms with Gasteiger partial charge in [0.25, 0.3) is 0 Å². The summed E-state index contributed by atoms with van der Waals surface area (Å²) in [5.41, 5.74) is 8.75. The van der Waals surface area contributed by atoms with Gasteiger partial charge in [0.05, 0.1) is 14.2 Å². The average molecular weight is 491 g/mol. The first-order chi connectivity index (χ1) is 13.6. The molecule has 0 aliphatic carbocycles. The Morgan fingerprint density at radius 3 is 2.39 bits per heavy atom. The molecule has 0 spiro atoms. The number of hydrogen-bond donors (Lipinski definition) is 3. The summed E-state index contributed by atoms with van der Waals surface area (Å²) >= 11 is 2.26. The van der Waals surface area contributed by atoms with E-state index in [0.29, 0.717) is 35.4 Å². The van der Waals surface area contributed by atoms with Crippen molar-refractivity contribution >= 4 is 45.6 Å². The second-order valence-electron chi connectivity index (χ2n) is 5.98. The van der Waals surface area contributed by atoms with Crippen LogP contribution >= 0.6 is 22.6 Å². The van der Waals surface area contributed by atoms with Gasteiger partial charge >= 0.3 is 0 Å². The van der Waals surface area contributed by atoms with Crippen molar-refractivity contribution in [1.82, 2.24) is 9.97 Å². The number of nitrogens with zero attached hydrogens (tertiary/aromatic N) is 2. The molecule has 1 heterocycles. The highest BCUT2D eigenvalue weighted by Gasteiger charge is 2.09. The third-order valence-electron chi connectivity index (χ3n) is 4.14. The summed E-state index contributed by atoms with van der Waals surface area (Å²) < 4.78 is 11.8. The summed E-state index contributed by atoms with van der Waals surface area (Å²) in [7, 11) is 3.25. The molecule has 0 aliphatic rings. The highest BCUT2D eigenvalue weighted by Crippen LogP contribution is 2.28. The molecule has 2 aromatic carbocycles. The number of halogens is 1. The molecular formula is C20H22IN5O2. The SMILES string of the molecule is COc1ccc(CCNc2ncnc(Nc3ccc(I)cc3)c2N)cc1OC. The number of nitrogens with two attached hydrogens (primary N) is 1. The van der Waals surface area contributed by atoms with Crippen molar-refractivity contribution in [2.75, 3.05) is 37.1 Å². The Bertz CT molecular complexity index is 934. The standard InChI is InChI=1S/C20H22IN5O2/c1-27-16-8-3-13(11-17(16)28-2)9-10-23-19-18(22)20(25-12-24-19)26-15-6-4-14(21)5-7-15/h3-8,11-12H,9-10,22H2,1-2H3,(H2,23,24,25,26). The third-order valence-corrected chi connectivity index (χ3v) is 4.86. The highest BCUT2D eigenvalue weighted by atomic mass is 127. The van der Waals surface area contributed by atoms with Crippen molar-refractivity contribution < 1.29 is 9.47 Å². The summed E-state index contributed by atoms with van der Waals surface area (Å²) in [6, 6.07) is 13.9. The van der Waals surface area contributed by atoms with E-state index in [1.165, 1.54) is 6.33 Å². The second-order valence-corrected chi connectivity index (χ2v) is 7.23. The van der Waals surface area contributed by atoms with Crippen molar-refractivity contribution in [2.24, 2.45) is 0 Å². The Morgan fingerprint density at radius 1 is 0.964 bits per heavy atom. The molecule has 4 N–H and O–H groups in total. The van der Waals surface area contributed by atoms with E-state index in [-0.39, 0.29) is 0 Å². The van der Waals surface area contributed by atoms with Crippen molar-refractivity contribution in [2.45, 2.75) is 6.42 Å². The van der Waals surface area contributed by atoms with Crippen LogP contribution in [-0.4, -0.2) is 30.7 Å². The van der Waals surface area contributed by atoms with E-state index in [1.807, 2.05) is 42.5 Å². The number of nitrogen functional groups attached to an aromatic ring is 1. The van der Waals surface area contributed by atoms with Gasteiger partial charge in [-0.25, -0.2) is 9.97 Å². The molecule has 0 saturated heterocycles. The summed E-state index contributed by atoms with van der Waals surface area (Å²) in [6.07, 6.45) is 2.27. The largest absolute Gasteiger partial charge is 0.493 e. The third kappa shape index (κ3) is 4.94. The smallest absolute Gasteiger partial charge is 0.160 e. The van der Waals surface area contributed by atoms with Crippen LogP contribution in [0.2, 0.25) is 0 Å². The van der Waals surface area contributed by atoms with E-state index in [0.717, 1.165) is 21.2 Å². The molecule has 146 valence electrons. The van der Waals surface area contributed by atoms with Crippen LogP contribution in [0, 0.1) is 3.57 Å². The first-order valence-corrected chi connectivity index (χ1v) is 9.76. The molecule has 3 rings (SSSR count). The van der Waals surface area contributed by atoms with Crippen LogP contribution in [0.1, 0.15) is 5.56 Å². The Labute approximate surface area is 177 Å². The van der Waals surface area contributed by atoms with Gasteiger partial charge in [0, 0.05) is 15.8 Å². The van der Waals surface area contributed by atoms with Gasteiger partial charge in [0.1, 0.15) is 12.0 Å². The minimum atomic E-state index is 0.480. The maximum absolute atomic E-state index is 6.24. The van der Waals surface area contributed by atoms with Gasteiger partial charge in [0.15, 0.2) is 23.1 Å². The van der Waals surface area contributed by atoms with E-state index in [4.69, 9.17) is 15.2 Å². The van der Waals surface area contributed by atoms with Crippen molar-refractivity contribution in [3.8, 4) is 11.5 Å². The lowest BCUT2D eigenvalue weighted by Crippen LogP contribution is -2.10. The molecule has 8 heteroatoms. The number of hydrogen-bond acceptors (Lipinski definition) is 7. The molecule has 0 saturated carbocycles. The fourth-order valence-electron chi connectivity index (χ4n) is 2.67.